The van der Waals surface area contributed by atoms with Crippen molar-refractivity contribution >= 4 is 52.4 Å². The highest BCUT2D eigenvalue weighted by molar-refractivity contribution is 6.42. The second-order valence-corrected chi connectivity index (χ2v) is 10.2. The largest absolute Gasteiger partial charge is 0.383 e. The maximum Gasteiger partial charge on any atom is 0.254 e. The number of ether oxygens (including phenoxy) is 1. The fraction of sp³-hybridized carbons (Fsp3) is 0.320. The molecule has 0 atom stereocenters. The van der Waals surface area contributed by atoms with Crippen LogP contribution in [0.3, 0.4) is 0 Å². The first kappa shape index (κ1) is 27.0. The molecule has 0 spiro atoms. The molecule has 1 aromatic heterocycles. The van der Waals surface area contributed by atoms with Crippen molar-refractivity contribution in [2.24, 2.45) is 0 Å². The van der Waals surface area contributed by atoms with Crippen molar-refractivity contribution in [1.82, 2.24) is 14.7 Å². The lowest BCUT2D eigenvalue weighted by Crippen LogP contribution is -2.40. The molecule has 0 aliphatic rings. The number of anilines is 1. The van der Waals surface area contributed by atoms with Crippen molar-refractivity contribution in [2.45, 2.75) is 26.2 Å². The van der Waals surface area contributed by atoms with Gasteiger partial charge in [0.05, 0.1) is 28.0 Å². The van der Waals surface area contributed by atoms with Crippen molar-refractivity contribution in [2.75, 3.05) is 32.1 Å². The molecule has 7 nitrogen and oxygen atoms in total. The minimum atomic E-state index is -0.384. The van der Waals surface area contributed by atoms with Crippen molar-refractivity contribution in [3.8, 4) is 5.69 Å². The molecule has 2 amide bonds. The average molecular weight is 538 g/mol. The average Bonchev–Trinajstić information content (AvgIpc) is 3.22. The fourth-order valence-corrected chi connectivity index (χ4v) is 3.65. The molecule has 10 heteroatoms. The number of methoxy groups -OCH3 is 1. The molecular formula is C25H27Cl3N4O3. The van der Waals surface area contributed by atoms with Gasteiger partial charge in [0.2, 0.25) is 5.91 Å². The van der Waals surface area contributed by atoms with Gasteiger partial charge >= 0.3 is 0 Å². The van der Waals surface area contributed by atoms with Crippen LogP contribution in [-0.2, 0) is 14.9 Å². The SMILES string of the molecule is COCCN(CC(=O)Nc1cc(C(C)(C)C)nn1-c1ccc(Cl)c(Cl)c1)C(=O)c1ccc(Cl)cc1. The number of nitrogens with zero attached hydrogens (tertiary/aromatic N) is 3. The number of nitrogens with one attached hydrogen (secondary N) is 1. The van der Waals surface area contributed by atoms with E-state index < -0.39 is 0 Å². The van der Waals surface area contributed by atoms with E-state index >= 15 is 0 Å². The molecule has 3 rings (SSSR count). The number of hydrogen-bond donors (Lipinski definition) is 1. The van der Waals surface area contributed by atoms with Gasteiger partial charge in [-0.3, -0.25) is 9.59 Å². The fourth-order valence-electron chi connectivity index (χ4n) is 3.23. The van der Waals surface area contributed by atoms with Gasteiger partial charge in [0.15, 0.2) is 0 Å². The molecule has 35 heavy (non-hydrogen) atoms. The number of carbonyl (C=O) groups excluding carboxylic acids is 2. The summed E-state index contributed by atoms with van der Waals surface area (Å²) >= 11 is 18.2. The lowest BCUT2D eigenvalue weighted by molar-refractivity contribution is -0.117. The van der Waals surface area contributed by atoms with E-state index in [4.69, 9.17) is 39.5 Å². The Morgan fingerprint density at radius 2 is 1.71 bits per heavy atom. The smallest absolute Gasteiger partial charge is 0.254 e. The highest BCUT2D eigenvalue weighted by atomic mass is 35.5. The molecule has 0 aliphatic heterocycles. The molecule has 0 fully saturated rings. The first-order valence-corrected chi connectivity index (χ1v) is 12.0. The zero-order valence-electron chi connectivity index (χ0n) is 19.9. The molecule has 0 saturated carbocycles. The van der Waals surface area contributed by atoms with Crippen LogP contribution in [0.2, 0.25) is 15.1 Å². The molecule has 186 valence electrons. The van der Waals surface area contributed by atoms with Crippen LogP contribution in [0.25, 0.3) is 5.69 Å². The maximum atomic E-state index is 13.1. The summed E-state index contributed by atoms with van der Waals surface area (Å²) in [5.74, 6) is -0.240. The van der Waals surface area contributed by atoms with E-state index in [1.807, 2.05) is 20.8 Å². The Labute approximate surface area is 219 Å². The van der Waals surface area contributed by atoms with Gasteiger partial charge in [-0.15, -0.1) is 0 Å². The minimum Gasteiger partial charge on any atom is -0.383 e. The highest BCUT2D eigenvalue weighted by Crippen LogP contribution is 2.29. The number of amides is 2. The Hall–Kier alpha value is -2.58. The predicted molar refractivity (Wildman–Crippen MR) is 140 cm³/mol. The normalized spacial score (nSPS) is 11.4. The molecule has 0 unspecified atom stereocenters. The first-order valence-electron chi connectivity index (χ1n) is 10.9. The standard InChI is InChI=1S/C25H27Cl3N4O3/c1-25(2,3)21-14-22(32(30-21)18-9-10-19(27)20(28)13-18)29-23(33)15-31(11-12-35-4)24(34)16-5-7-17(26)8-6-16/h5-10,13-14H,11-12,15H2,1-4H3,(H,29,33). The predicted octanol–water partition coefficient (Wildman–Crippen LogP) is 5.86. The van der Waals surface area contributed by atoms with Crippen LogP contribution >= 0.6 is 34.8 Å². The second kappa shape index (κ2) is 11.4. The number of hydrogen-bond acceptors (Lipinski definition) is 4. The summed E-state index contributed by atoms with van der Waals surface area (Å²) in [5, 5.41) is 8.88. The number of aromatic nitrogens is 2. The third-order valence-corrected chi connectivity index (χ3v) is 6.16. The summed E-state index contributed by atoms with van der Waals surface area (Å²) in [4.78, 5) is 27.6. The summed E-state index contributed by atoms with van der Waals surface area (Å²) in [6.07, 6.45) is 0. The molecular weight excluding hydrogens is 511 g/mol. The van der Waals surface area contributed by atoms with E-state index in [9.17, 15) is 9.59 Å². The number of halogens is 3. The van der Waals surface area contributed by atoms with Crippen molar-refractivity contribution in [3.05, 3.63) is 74.9 Å². The zero-order valence-corrected chi connectivity index (χ0v) is 22.2. The zero-order chi connectivity index (χ0) is 25.8. The molecule has 0 radical (unpaired) electrons. The van der Waals surface area contributed by atoms with Crippen LogP contribution in [-0.4, -0.2) is 53.3 Å². The summed E-state index contributed by atoms with van der Waals surface area (Å²) < 4.78 is 6.73. The first-order chi connectivity index (χ1) is 16.5. The van der Waals surface area contributed by atoms with Crippen LogP contribution in [0, 0.1) is 0 Å². The second-order valence-electron chi connectivity index (χ2n) is 8.95. The quantitative estimate of drug-likeness (QED) is 0.391. The van der Waals surface area contributed by atoms with Gasteiger partial charge in [-0.25, -0.2) is 4.68 Å². The third kappa shape index (κ3) is 6.98. The van der Waals surface area contributed by atoms with E-state index in [0.717, 1.165) is 5.69 Å². The van der Waals surface area contributed by atoms with E-state index in [0.29, 0.717) is 32.1 Å². The van der Waals surface area contributed by atoms with Gasteiger partial charge in [0, 0.05) is 35.7 Å². The van der Waals surface area contributed by atoms with E-state index in [1.165, 1.54) is 12.0 Å². The van der Waals surface area contributed by atoms with Crippen LogP contribution in [0.4, 0.5) is 5.82 Å². The van der Waals surface area contributed by atoms with Crippen LogP contribution < -0.4 is 5.32 Å². The van der Waals surface area contributed by atoms with Crippen molar-refractivity contribution in [3.63, 3.8) is 0 Å². The number of rotatable bonds is 8. The monoisotopic (exact) mass is 536 g/mol. The van der Waals surface area contributed by atoms with Gasteiger partial charge in [-0.2, -0.15) is 5.10 Å². The van der Waals surface area contributed by atoms with Gasteiger partial charge in [-0.05, 0) is 42.5 Å². The van der Waals surface area contributed by atoms with Gasteiger partial charge in [0.25, 0.3) is 5.91 Å². The Morgan fingerprint density at radius 1 is 1.03 bits per heavy atom. The topological polar surface area (TPSA) is 76.5 Å². The lowest BCUT2D eigenvalue weighted by Gasteiger charge is -2.22. The highest BCUT2D eigenvalue weighted by Gasteiger charge is 2.24. The number of carbonyl (C=O) groups is 2. The Kier molecular flexibility index (Phi) is 8.83. The third-order valence-electron chi connectivity index (χ3n) is 5.17. The van der Waals surface area contributed by atoms with Crippen LogP contribution in [0.15, 0.2) is 48.5 Å². The molecule has 1 N–H and O–H groups in total. The lowest BCUT2D eigenvalue weighted by atomic mass is 9.92. The summed E-state index contributed by atoms with van der Waals surface area (Å²) in [6.45, 7) is 6.42. The van der Waals surface area contributed by atoms with E-state index in [-0.39, 0.29) is 36.9 Å². The minimum absolute atomic E-state index is 0.178. The van der Waals surface area contributed by atoms with E-state index in [1.54, 1.807) is 53.2 Å². The molecule has 0 bridgehead atoms. The Bertz CT molecular complexity index is 1200. The molecule has 0 saturated heterocycles. The van der Waals surface area contributed by atoms with Crippen molar-refractivity contribution < 1.29 is 14.3 Å². The van der Waals surface area contributed by atoms with Gasteiger partial charge < -0.3 is 15.0 Å². The Balaban J connectivity index is 1.87. The summed E-state index contributed by atoms with van der Waals surface area (Å²) in [5.41, 5.74) is 1.57. The van der Waals surface area contributed by atoms with Crippen LogP contribution in [0.5, 0.6) is 0 Å². The summed E-state index contributed by atoms with van der Waals surface area (Å²) in [7, 11) is 1.54. The molecule has 1 heterocycles. The van der Waals surface area contributed by atoms with Crippen molar-refractivity contribution in [1.29, 1.82) is 0 Å². The van der Waals surface area contributed by atoms with Crippen LogP contribution in [0.1, 0.15) is 36.8 Å². The summed E-state index contributed by atoms with van der Waals surface area (Å²) in [6, 6.07) is 13.4. The van der Waals surface area contributed by atoms with E-state index in [2.05, 4.69) is 10.4 Å². The maximum absolute atomic E-state index is 13.1. The molecule has 3 aromatic rings. The van der Waals surface area contributed by atoms with Gasteiger partial charge in [-0.1, -0.05) is 55.6 Å². The molecule has 0 aliphatic carbocycles. The number of benzene rings is 2. The Morgan fingerprint density at radius 3 is 2.31 bits per heavy atom. The molecule has 2 aromatic carbocycles. The van der Waals surface area contributed by atoms with Gasteiger partial charge in [0.1, 0.15) is 12.4 Å².